The predicted octanol–water partition coefficient (Wildman–Crippen LogP) is 2.28. The van der Waals surface area contributed by atoms with Crippen LogP contribution in [0.1, 0.15) is 48.4 Å². The number of nitrogens with one attached hydrogen (secondary N) is 2. The van der Waals surface area contributed by atoms with E-state index in [1.165, 1.54) is 0 Å². The topological polar surface area (TPSA) is 62.7 Å². The number of hydrogen-bond acceptors (Lipinski definition) is 2. The van der Waals surface area contributed by atoms with Crippen molar-refractivity contribution in [2.45, 2.75) is 39.8 Å². The van der Waals surface area contributed by atoms with Gasteiger partial charge in [0.25, 0.3) is 5.91 Å². The van der Waals surface area contributed by atoms with Gasteiger partial charge in [0.1, 0.15) is 5.69 Å². The maximum atomic E-state index is 12.2. The summed E-state index contributed by atoms with van der Waals surface area (Å²) in [4.78, 5) is 15.1. The van der Waals surface area contributed by atoms with Crippen LogP contribution in [0.3, 0.4) is 0 Å². The van der Waals surface area contributed by atoms with Crippen LogP contribution in [-0.4, -0.2) is 20.7 Å². The fraction of sp³-hybridized carbons (Fsp3) is 0.429. The standard InChI is InChI=1S/C14H20N4O/c1-4-18-13(7-12(17-18)10(2)3)14(19)16-9-11-5-6-15-8-11/h5-8,10,15H,4,9H2,1-3H3,(H,16,19). The smallest absolute Gasteiger partial charge is 0.269 e. The molecule has 2 heterocycles. The van der Waals surface area contributed by atoms with Crippen molar-refractivity contribution in [1.82, 2.24) is 20.1 Å². The Bertz CT molecular complexity index is 540. The third-order valence-corrected chi connectivity index (χ3v) is 3.04. The van der Waals surface area contributed by atoms with Gasteiger partial charge in [-0.25, -0.2) is 0 Å². The maximum absolute atomic E-state index is 12.2. The highest BCUT2D eigenvalue weighted by atomic mass is 16.2. The van der Waals surface area contributed by atoms with Crippen molar-refractivity contribution < 1.29 is 4.79 Å². The third kappa shape index (κ3) is 3.05. The average molecular weight is 260 g/mol. The lowest BCUT2D eigenvalue weighted by Crippen LogP contribution is -2.25. The first-order valence-electron chi connectivity index (χ1n) is 6.59. The molecule has 0 atom stereocenters. The summed E-state index contributed by atoms with van der Waals surface area (Å²) in [5.74, 6) is 0.242. The molecule has 5 heteroatoms. The van der Waals surface area contributed by atoms with E-state index in [9.17, 15) is 4.79 Å². The molecule has 1 amide bonds. The lowest BCUT2D eigenvalue weighted by atomic mass is 10.1. The minimum atomic E-state index is -0.0811. The number of aromatic nitrogens is 3. The van der Waals surface area contributed by atoms with E-state index in [0.29, 0.717) is 24.7 Å². The second-order valence-corrected chi connectivity index (χ2v) is 4.83. The molecule has 0 aromatic carbocycles. The summed E-state index contributed by atoms with van der Waals surface area (Å²) in [6.07, 6.45) is 3.71. The summed E-state index contributed by atoms with van der Waals surface area (Å²) in [5.41, 5.74) is 2.63. The van der Waals surface area contributed by atoms with Gasteiger partial charge in [-0.3, -0.25) is 9.48 Å². The van der Waals surface area contributed by atoms with Crippen molar-refractivity contribution in [3.63, 3.8) is 0 Å². The lowest BCUT2D eigenvalue weighted by molar-refractivity contribution is 0.0940. The van der Waals surface area contributed by atoms with Crippen LogP contribution in [0.4, 0.5) is 0 Å². The number of carbonyl (C=O) groups is 1. The Hall–Kier alpha value is -2.04. The zero-order valence-corrected chi connectivity index (χ0v) is 11.6. The molecule has 0 radical (unpaired) electrons. The van der Waals surface area contributed by atoms with Gasteiger partial charge in [-0.1, -0.05) is 13.8 Å². The van der Waals surface area contributed by atoms with Gasteiger partial charge in [0.2, 0.25) is 0 Å². The Morgan fingerprint density at radius 1 is 1.53 bits per heavy atom. The molecule has 2 aromatic rings. The van der Waals surface area contributed by atoms with Crippen molar-refractivity contribution in [2.75, 3.05) is 0 Å². The number of nitrogens with zero attached hydrogens (tertiary/aromatic N) is 2. The maximum Gasteiger partial charge on any atom is 0.269 e. The summed E-state index contributed by atoms with van der Waals surface area (Å²) in [5, 5.41) is 7.35. The molecule has 0 fully saturated rings. The highest BCUT2D eigenvalue weighted by Gasteiger charge is 2.15. The largest absolute Gasteiger partial charge is 0.367 e. The molecule has 0 unspecified atom stereocenters. The van der Waals surface area contributed by atoms with Crippen molar-refractivity contribution in [3.8, 4) is 0 Å². The minimum Gasteiger partial charge on any atom is -0.367 e. The second kappa shape index (κ2) is 5.73. The van der Waals surface area contributed by atoms with Crippen molar-refractivity contribution in [1.29, 1.82) is 0 Å². The Morgan fingerprint density at radius 3 is 2.89 bits per heavy atom. The van der Waals surface area contributed by atoms with Crippen LogP contribution in [-0.2, 0) is 13.1 Å². The van der Waals surface area contributed by atoms with Crippen LogP contribution in [0.15, 0.2) is 24.5 Å². The van der Waals surface area contributed by atoms with Crippen LogP contribution < -0.4 is 5.32 Å². The molecule has 19 heavy (non-hydrogen) atoms. The molecule has 2 N–H and O–H groups in total. The molecule has 0 bridgehead atoms. The van der Waals surface area contributed by atoms with Gasteiger partial charge in [0, 0.05) is 25.5 Å². The molecule has 5 nitrogen and oxygen atoms in total. The number of rotatable bonds is 5. The van der Waals surface area contributed by atoms with Crippen LogP contribution in [0, 0.1) is 0 Å². The van der Waals surface area contributed by atoms with E-state index in [1.807, 2.05) is 31.5 Å². The zero-order valence-electron chi connectivity index (χ0n) is 11.6. The zero-order chi connectivity index (χ0) is 13.8. The highest BCUT2D eigenvalue weighted by Crippen LogP contribution is 2.14. The normalized spacial score (nSPS) is 10.9. The van der Waals surface area contributed by atoms with Gasteiger partial charge in [0.05, 0.1) is 5.69 Å². The molecule has 0 spiro atoms. The van der Waals surface area contributed by atoms with E-state index in [2.05, 4.69) is 29.2 Å². The lowest BCUT2D eigenvalue weighted by Gasteiger charge is -2.05. The number of aryl methyl sites for hydroxylation is 1. The number of H-pyrrole nitrogens is 1. The average Bonchev–Trinajstić information content (AvgIpc) is 3.04. The van der Waals surface area contributed by atoms with Crippen LogP contribution >= 0.6 is 0 Å². The number of hydrogen-bond donors (Lipinski definition) is 2. The third-order valence-electron chi connectivity index (χ3n) is 3.04. The number of aromatic amines is 1. The van der Waals surface area contributed by atoms with E-state index in [-0.39, 0.29) is 5.91 Å². The highest BCUT2D eigenvalue weighted by molar-refractivity contribution is 5.92. The SMILES string of the molecule is CCn1nc(C(C)C)cc1C(=O)NCc1cc[nH]c1. The quantitative estimate of drug-likeness (QED) is 0.866. The summed E-state index contributed by atoms with van der Waals surface area (Å²) in [7, 11) is 0. The fourth-order valence-corrected chi connectivity index (χ4v) is 1.88. The first kappa shape index (κ1) is 13.4. The Morgan fingerprint density at radius 2 is 2.32 bits per heavy atom. The molecular weight excluding hydrogens is 240 g/mol. The molecular formula is C14H20N4O. The van der Waals surface area contributed by atoms with E-state index in [0.717, 1.165) is 11.3 Å². The van der Waals surface area contributed by atoms with Crippen molar-refractivity contribution in [2.24, 2.45) is 0 Å². The Labute approximate surface area is 113 Å². The molecule has 0 aliphatic carbocycles. The van der Waals surface area contributed by atoms with E-state index in [4.69, 9.17) is 0 Å². The molecule has 0 aliphatic rings. The summed E-state index contributed by atoms with van der Waals surface area (Å²) in [6, 6.07) is 3.82. The molecule has 0 saturated carbocycles. The second-order valence-electron chi connectivity index (χ2n) is 4.83. The van der Waals surface area contributed by atoms with Gasteiger partial charge < -0.3 is 10.3 Å². The van der Waals surface area contributed by atoms with Crippen LogP contribution in [0.5, 0.6) is 0 Å². The minimum absolute atomic E-state index is 0.0811. The van der Waals surface area contributed by atoms with Crippen molar-refractivity contribution in [3.05, 3.63) is 41.5 Å². The Balaban J connectivity index is 2.09. The van der Waals surface area contributed by atoms with Gasteiger partial charge in [-0.05, 0) is 30.5 Å². The fourth-order valence-electron chi connectivity index (χ4n) is 1.88. The first-order valence-corrected chi connectivity index (χ1v) is 6.59. The first-order chi connectivity index (χ1) is 9.11. The van der Waals surface area contributed by atoms with E-state index < -0.39 is 0 Å². The molecule has 2 aromatic heterocycles. The van der Waals surface area contributed by atoms with E-state index in [1.54, 1.807) is 4.68 Å². The summed E-state index contributed by atoms with van der Waals surface area (Å²) >= 11 is 0. The number of amides is 1. The van der Waals surface area contributed by atoms with Crippen LogP contribution in [0.25, 0.3) is 0 Å². The molecule has 2 rings (SSSR count). The molecule has 0 saturated heterocycles. The van der Waals surface area contributed by atoms with Crippen molar-refractivity contribution >= 4 is 5.91 Å². The van der Waals surface area contributed by atoms with Gasteiger partial charge in [-0.2, -0.15) is 5.10 Å². The Kier molecular flexibility index (Phi) is 4.04. The van der Waals surface area contributed by atoms with Gasteiger partial charge in [0.15, 0.2) is 0 Å². The van der Waals surface area contributed by atoms with E-state index >= 15 is 0 Å². The van der Waals surface area contributed by atoms with Gasteiger partial charge >= 0.3 is 0 Å². The summed E-state index contributed by atoms with van der Waals surface area (Å²) in [6.45, 7) is 7.35. The van der Waals surface area contributed by atoms with Gasteiger partial charge in [-0.15, -0.1) is 0 Å². The van der Waals surface area contributed by atoms with Crippen LogP contribution in [0.2, 0.25) is 0 Å². The predicted molar refractivity (Wildman–Crippen MR) is 74.0 cm³/mol. The molecule has 0 aliphatic heterocycles. The number of carbonyl (C=O) groups excluding carboxylic acids is 1. The summed E-state index contributed by atoms with van der Waals surface area (Å²) < 4.78 is 1.75. The molecule has 102 valence electrons. The monoisotopic (exact) mass is 260 g/mol.